The lowest BCUT2D eigenvalue weighted by Gasteiger charge is -2.22. The van der Waals surface area contributed by atoms with Crippen LogP contribution in [0, 0.1) is 0 Å². The second-order valence-electron chi connectivity index (χ2n) is 7.75. The molecule has 0 saturated carbocycles. The van der Waals surface area contributed by atoms with E-state index in [0.717, 1.165) is 23.6 Å². The fourth-order valence-corrected chi connectivity index (χ4v) is 4.81. The lowest BCUT2D eigenvalue weighted by Crippen LogP contribution is -2.05. The molecule has 0 saturated heterocycles. The van der Waals surface area contributed by atoms with E-state index in [1.807, 2.05) is 18.2 Å². The summed E-state index contributed by atoms with van der Waals surface area (Å²) in [4.78, 5) is 3.91. The van der Waals surface area contributed by atoms with Crippen molar-refractivity contribution in [3.05, 3.63) is 96.3 Å². The summed E-state index contributed by atoms with van der Waals surface area (Å²) in [5, 5.41) is 16.8. The highest BCUT2D eigenvalue weighted by Crippen LogP contribution is 2.39. The standard InChI is InChI=1S/C18H15Cl.C9H7NO/c19-18-7-3-6-14-16-9-8-12-4-1-2-5-13(12)15(16)10-11-17(14)18;11-9-3-1-2-7-4-5-10-6-8(7)9/h1-2,4-5,8-11,18H,3,6-7H2;1-6,11H. The van der Waals surface area contributed by atoms with Crippen LogP contribution in [0.4, 0.5) is 0 Å². The highest BCUT2D eigenvalue weighted by molar-refractivity contribution is 6.21. The van der Waals surface area contributed by atoms with Crippen molar-refractivity contribution < 1.29 is 5.11 Å². The van der Waals surface area contributed by atoms with E-state index in [2.05, 4.69) is 53.5 Å². The highest BCUT2D eigenvalue weighted by Gasteiger charge is 2.20. The Bertz CT molecular complexity index is 1360. The molecule has 0 fully saturated rings. The molecule has 0 radical (unpaired) electrons. The van der Waals surface area contributed by atoms with Crippen LogP contribution in [0.1, 0.15) is 29.3 Å². The lowest BCUT2D eigenvalue weighted by atomic mass is 9.86. The molecule has 1 heterocycles. The highest BCUT2D eigenvalue weighted by atomic mass is 35.5. The molecule has 1 aliphatic carbocycles. The van der Waals surface area contributed by atoms with E-state index < -0.39 is 0 Å². The summed E-state index contributed by atoms with van der Waals surface area (Å²) in [6, 6.07) is 24.9. The van der Waals surface area contributed by atoms with Gasteiger partial charge in [0.2, 0.25) is 0 Å². The fourth-order valence-electron chi connectivity index (χ4n) is 4.45. The van der Waals surface area contributed by atoms with E-state index in [1.165, 1.54) is 39.1 Å². The summed E-state index contributed by atoms with van der Waals surface area (Å²) in [7, 11) is 0. The molecular formula is C27H22ClNO. The van der Waals surface area contributed by atoms with Crippen molar-refractivity contribution in [2.24, 2.45) is 0 Å². The Labute approximate surface area is 180 Å². The maximum Gasteiger partial charge on any atom is 0.124 e. The molecule has 0 amide bonds. The van der Waals surface area contributed by atoms with E-state index in [0.29, 0.717) is 0 Å². The Morgan fingerprint density at radius 3 is 2.47 bits per heavy atom. The normalized spacial score (nSPS) is 15.6. The van der Waals surface area contributed by atoms with Crippen LogP contribution in [0.15, 0.2) is 85.2 Å². The van der Waals surface area contributed by atoms with E-state index in [-0.39, 0.29) is 11.1 Å². The summed E-state index contributed by atoms with van der Waals surface area (Å²) in [6.45, 7) is 0. The Morgan fingerprint density at radius 2 is 1.57 bits per heavy atom. The smallest absolute Gasteiger partial charge is 0.124 e. The maximum atomic E-state index is 9.33. The van der Waals surface area contributed by atoms with Gasteiger partial charge in [0, 0.05) is 17.8 Å². The van der Waals surface area contributed by atoms with Gasteiger partial charge in [-0.1, -0.05) is 60.7 Å². The summed E-state index contributed by atoms with van der Waals surface area (Å²) in [5.41, 5.74) is 2.81. The van der Waals surface area contributed by atoms with Crippen LogP contribution in [0.25, 0.3) is 32.3 Å². The van der Waals surface area contributed by atoms with E-state index >= 15 is 0 Å². The predicted molar refractivity (Wildman–Crippen MR) is 126 cm³/mol. The van der Waals surface area contributed by atoms with Crippen LogP contribution in [0.2, 0.25) is 0 Å². The van der Waals surface area contributed by atoms with Gasteiger partial charge in [0.25, 0.3) is 0 Å². The van der Waals surface area contributed by atoms with Crippen molar-refractivity contribution in [3.8, 4) is 5.75 Å². The number of hydrogen-bond donors (Lipinski definition) is 1. The quantitative estimate of drug-likeness (QED) is 0.211. The van der Waals surface area contributed by atoms with Gasteiger partial charge >= 0.3 is 0 Å². The molecule has 0 aliphatic heterocycles. The molecule has 6 rings (SSSR count). The van der Waals surface area contributed by atoms with Crippen LogP contribution < -0.4 is 0 Å². The monoisotopic (exact) mass is 411 g/mol. The molecule has 1 atom stereocenters. The number of halogens is 1. The zero-order chi connectivity index (χ0) is 20.5. The third-order valence-corrected chi connectivity index (χ3v) is 6.41. The Kier molecular flexibility index (Phi) is 5.02. The number of phenols is 1. The van der Waals surface area contributed by atoms with E-state index in [4.69, 9.17) is 11.6 Å². The van der Waals surface area contributed by atoms with Crippen molar-refractivity contribution in [1.82, 2.24) is 4.98 Å². The van der Waals surface area contributed by atoms with Gasteiger partial charge in [-0.15, -0.1) is 11.6 Å². The largest absolute Gasteiger partial charge is 0.507 e. The minimum Gasteiger partial charge on any atom is -0.507 e. The molecule has 0 spiro atoms. The number of aromatic nitrogens is 1. The van der Waals surface area contributed by atoms with Crippen LogP contribution in [-0.4, -0.2) is 10.1 Å². The van der Waals surface area contributed by atoms with Gasteiger partial charge in [0.05, 0.1) is 5.38 Å². The second-order valence-corrected chi connectivity index (χ2v) is 8.28. The second kappa shape index (κ2) is 7.97. The molecule has 30 heavy (non-hydrogen) atoms. The third kappa shape index (κ3) is 3.38. The number of rotatable bonds is 0. The maximum absolute atomic E-state index is 9.33. The van der Waals surface area contributed by atoms with Gasteiger partial charge in [-0.25, -0.2) is 0 Å². The molecule has 1 unspecified atom stereocenters. The predicted octanol–water partition coefficient (Wildman–Crippen LogP) is 7.55. The van der Waals surface area contributed by atoms with Gasteiger partial charge in [0.15, 0.2) is 0 Å². The zero-order valence-electron chi connectivity index (χ0n) is 16.6. The average molecular weight is 412 g/mol. The number of pyridine rings is 1. The van der Waals surface area contributed by atoms with Crippen LogP contribution in [0.5, 0.6) is 5.75 Å². The van der Waals surface area contributed by atoms with Gasteiger partial charge in [-0.05, 0) is 69.5 Å². The first-order valence-electron chi connectivity index (χ1n) is 10.3. The first kappa shape index (κ1) is 18.9. The molecule has 4 aromatic carbocycles. The van der Waals surface area contributed by atoms with Gasteiger partial charge in [0.1, 0.15) is 5.75 Å². The molecule has 1 N–H and O–H groups in total. The molecule has 3 heteroatoms. The number of alkyl halides is 1. The van der Waals surface area contributed by atoms with Gasteiger partial charge < -0.3 is 5.11 Å². The summed E-state index contributed by atoms with van der Waals surface area (Å²) in [5.74, 6) is 0.288. The average Bonchev–Trinajstić information content (AvgIpc) is 2.80. The summed E-state index contributed by atoms with van der Waals surface area (Å²) >= 11 is 6.47. The Hall–Kier alpha value is -3.10. The molecule has 0 bridgehead atoms. The summed E-state index contributed by atoms with van der Waals surface area (Å²) < 4.78 is 0. The molecule has 1 aliphatic rings. The third-order valence-electron chi connectivity index (χ3n) is 5.96. The molecule has 1 aromatic heterocycles. The minimum atomic E-state index is 0.194. The zero-order valence-corrected chi connectivity index (χ0v) is 17.3. The first-order chi connectivity index (χ1) is 14.7. The number of phenolic OH excluding ortho intramolecular Hbond substituents is 1. The molecule has 2 nitrogen and oxygen atoms in total. The van der Waals surface area contributed by atoms with Crippen molar-refractivity contribution in [2.75, 3.05) is 0 Å². The lowest BCUT2D eigenvalue weighted by molar-refractivity contribution is 0.481. The van der Waals surface area contributed by atoms with E-state index in [1.54, 1.807) is 18.5 Å². The summed E-state index contributed by atoms with van der Waals surface area (Å²) in [6.07, 6.45) is 6.83. The molecular weight excluding hydrogens is 390 g/mol. The van der Waals surface area contributed by atoms with Crippen LogP contribution in [0.3, 0.4) is 0 Å². The number of hydrogen-bond acceptors (Lipinski definition) is 2. The van der Waals surface area contributed by atoms with E-state index in [9.17, 15) is 5.11 Å². The number of fused-ring (bicyclic) bond motifs is 6. The fraction of sp³-hybridized carbons (Fsp3) is 0.148. The Balaban J connectivity index is 0.000000149. The molecule has 148 valence electrons. The number of benzene rings is 4. The van der Waals surface area contributed by atoms with Gasteiger partial charge in [-0.3, -0.25) is 4.98 Å². The number of nitrogens with zero attached hydrogens (tertiary/aromatic N) is 1. The minimum absolute atomic E-state index is 0.194. The van der Waals surface area contributed by atoms with Crippen molar-refractivity contribution in [1.29, 1.82) is 0 Å². The number of aromatic hydroxyl groups is 1. The van der Waals surface area contributed by atoms with Crippen molar-refractivity contribution in [3.63, 3.8) is 0 Å². The Morgan fingerprint density at radius 1 is 0.767 bits per heavy atom. The number of aryl methyl sites for hydroxylation is 1. The SMILES string of the molecule is ClC1CCCc2c1ccc1c2ccc2ccccc21.Oc1cccc2ccncc12. The topological polar surface area (TPSA) is 33.1 Å². The first-order valence-corrected chi connectivity index (χ1v) is 10.7. The van der Waals surface area contributed by atoms with Crippen molar-refractivity contribution in [2.45, 2.75) is 24.6 Å². The van der Waals surface area contributed by atoms with Crippen LogP contribution in [-0.2, 0) is 6.42 Å². The van der Waals surface area contributed by atoms with Gasteiger partial charge in [-0.2, -0.15) is 0 Å². The van der Waals surface area contributed by atoms with Crippen LogP contribution >= 0.6 is 11.6 Å². The molecule has 5 aromatic rings. The van der Waals surface area contributed by atoms with Crippen molar-refractivity contribution >= 4 is 43.9 Å².